The highest BCUT2D eigenvalue weighted by molar-refractivity contribution is 6.30. The lowest BCUT2D eigenvalue weighted by molar-refractivity contribution is -0.122. The van der Waals surface area contributed by atoms with Crippen LogP contribution in [-0.2, 0) is 4.79 Å². The van der Waals surface area contributed by atoms with Crippen molar-refractivity contribution in [2.45, 2.75) is 19.4 Å². The van der Waals surface area contributed by atoms with Gasteiger partial charge in [-0.05, 0) is 55.9 Å². The minimum atomic E-state index is -0.569. The van der Waals surface area contributed by atoms with Gasteiger partial charge < -0.3 is 19.9 Å². The Kier molecular flexibility index (Phi) is 6.58. The first-order valence-electron chi connectivity index (χ1n) is 9.32. The summed E-state index contributed by atoms with van der Waals surface area (Å²) in [5.74, 6) is 0.430. The maximum absolute atomic E-state index is 12.6. The number of nitrogens with zero attached hydrogens (tertiary/aromatic N) is 2. The Labute approximate surface area is 165 Å². The van der Waals surface area contributed by atoms with Gasteiger partial charge in [0.2, 0.25) is 0 Å². The Morgan fingerprint density at radius 2 is 1.85 bits per heavy atom. The van der Waals surface area contributed by atoms with Crippen molar-refractivity contribution < 1.29 is 9.53 Å². The van der Waals surface area contributed by atoms with E-state index < -0.39 is 6.10 Å². The monoisotopic (exact) mass is 387 g/mol. The number of anilines is 2. The van der Waals surface area contributed by atoms with Crippen molar-refractivity contribution in [2.24, 2.45) is 0 Å². The Balaban J connectivity index is 1.59. The van der Waals surface area contributed by atoms with Crippen LogP contribution in [0.25, 0.3) is 0 Å². The van der Waals surface area contributed by atoms with Crippen LogP contribution >= 0.6 is 11.6 Å². The fourth-order valence-electron chi connectivity index (χ4n) is 3.07. The van der Waals surface area contributed by atoms with Gasteiger partial charge in [0, 0.05) is 42.6 Å². The number of hydrogen-bond acceptors (Lipinski definition) is 4. The summed E-state index contributed by atoms with van der Waals surface area (Å²) < 4.78 is 5.80. The number of nitrogens with one attached hydrogen (secondary N) is 1. The van der Waals surface area contributed by atoms with Crippen LogP contribution in [0.5, 0.6) is 5.75 Å². The SMILES string of the molecule is CC[C@H](Oc1cccc(Cl)c1)C(=O)Nc1ccc(N2CCN(C)CC2)cc1. The van der Waals surface area contributed by atoms with Gasteiger partial charge in [-0.25, -0.2) is 0 Å². The zero-order valence-electron chi connectivity index (χ0n) is 15.8. The number of hydrogen-bond donors (Lipinski definition) is 1. The molecule has 1 aliphatic rings. The van der Waals surface area contributed by atoms with E-state index in [1.54, 1.807) is 24.3 Å². The Hall–Kier alpha value is -2.24. The minimum Gasteiger partial charge on any atom is -0.481 e. The van der Waals surface area contributed by atoms with E-state index in [0.717, 1.165) is 31.9 Å². The predicted octanol–water partition coefficient (Wildman–Crippen LogP) is 3.89. The molecule has 144 valence electrons. The molecule has 0 aliphatic carbocycles. The first kappa shape index (κ1) is 19.5. The van der Waals surface area contributed by atoms with E-state index in [9.17, 15) is 4.79 Å². The number of amides is 1. The minimum absolute atomic E-state index is 0.162. The number of halogens is 1. The maximum atomic E-state index is 12.6. The van der Waals surface area contributed by atoms with Gasteiger partial charge in [-0.1, -0.05) is 24.6 Å². The number of likely N-dealkylation sites (N-methyl/N-ethyl adjacent to an activating group) is 1. The van der Waals surface area contributed by atoms with Crippen LogP contribution in [0.15, 0.2) is 48.5 Å². The highest BCUT2D eigenvalue weighted by Crippen LogP contribution is 2.21. The number of carbonyl (C=O) groups excluding carboxylic acids is 1. The zero-order chi connectivity index (χ0) is 19.2. The zero-order valence-corrected chi connectivity index (χ0v) is 16.6. The van der Waals surface area contributed by atoms with Gasteiger partial charge in [-0.15, -0.1) is 0 Å². The van der Waals surface area contributed by atoms with Crippen LogP contribution in [0.4, 0.5) is 11.4 Å². The molecule has 0 unspecified atom stereocenters. The standard InChI is InChI=1S/C21H26ClN3O2/c1-3-20(27-19-6-4-5-16(22)15-19)21(26)23-17-7-9-18(10-8-17)25-13-11-24(2)12-14-25/h4-10,15,20H,3,11-14H2,1-2H3,(H,23,26)/t20-/m0/s1. The van der Waals surface area contributed by atoms with Gasteiger partial charge >= 0.3 is 0 Å². The Morgan fingerprint density at radius 3 is 2.48 bits per heavy atom. The van der Waals surface area contributed by atoms with Gasteiger partial charge in [0.25, 0.3) is 5.91 Å². The molecule has 0 aromatic heterocycles. The van der Waals surface area contributed by atoms with Gasteiger partial charge in [0.15, 0.2) is 6.10 Å². The van der Waals surface area contributed by atoms with E-state index in [2.05, 4.69) is 34.3 Å². The van der Waals surface area contributed by atoms with Gasteiger partial charge in [0.1, 0.15) is 5.75 Å². The van der Waals surface area contributed by atoms with E-state index in [1.165, 1.54) is 5.69 Å². The van der Waals surface area contributed by atoms with Crippen molar-refractivity contribution in [3.8, 4) is 5.75 Å². The fraction of sp³-hybridized carbons (Fsp3) is 0.381. The molecule has 1 atom stereocenters. The van der Waals surface area contributed by atoms with Crippen molar-refractivity contribution in [3.63, 3.8) is 0 Å². The van der Waals surface area contributed by atoms with Crippen molar-refractivity contribution in [1.29, 1.82) is 0 Å². The second-order valence-corrected chi connectivity index (χ2v) is 7.24. The molecule has 5 nitrogen and oxygen atoms in total. The first-order valence-corrected chi connectivity index (χ1v) is 9.69. The largest absolute Gasteiger partial charge is 0.481 e. The fourth-order valence-corrected chi connectivity index (χ4v) is 3.25. The summed E-state index contributed by atoms with van der Waals surface area (Å²) in [6, 6.07) is 15.1. The third-order valence-electron chi connectivity index (χ3n) is 4.74. The van der Waals surface area contributed by atoms with E-state index in [0.29, 0.717) is 17.2 Å². The third-order valence-corrected chi connectivity index (χ3v) is 4.98. The van der Waals surface area contributed by atoms with Gasteiger partial charge in [-0.2, -0.15) is 0 Å². The number of benzene rings is 2. The number of ether oxygens (including phenoxy) is 1. The molecule has 3 rings (SSSR count). The molecule has 1 aliphatic heterocycles. The molecule has 2 aromatic carbocycles. The molecule has 0 spiro atoms. The molecule has 2 aromatic rings. The molecule has 0 bridgehead atoms. The average Bonchev–Trinajstić information content (AvgIpc) is 2.67. The molecule has 1 saturated heterocycles. The summed E-state index contributed by atoms with van der Waals surface area (Å²) in [6.07, 6.45) is -0.00154. The lowest BCUT2D eigenvalue weighted by Crippen LogP contribution is -2.44. The Morgan fingerprint density at radius 1 is 1.15 bits per heavy atom. The topological polar surface area (TPSA) is 44.8 Å². The summed E-state index contributed by atoms with van der Waals surface area (Å²) in [7, 11) is 2.14. The van der Waals surface area contributed by atoms with Crippen LogP contribution in [0, 0.1) is 0 Å². The third kappa shape index (κ3) is 5.37. The second kappa shape index (κ2) is 9.11. The Bertz CT molecular complexity index is 758. The summed E-state index contributed by atoms with van der Waals surface area (Å²) >= 11 is 5.98. The highest BCUT2D eigenvalue weighted by atomic mass is 35.5. The molecule has 0 saturated carbocycles. The van der Waals surface area contributed by atoms with E-state index in [-0.39, 0.29) is 5.91 Å². The summed E-state index contributed by atoms with van der Waals surface area (Å²) in [5, 5.41) is 3.53. The molecule has 1 fully saturated rings. The van der Waals surface area contributed by atoms with Crippen LogP contribution in [0.2, 0.25) is 5.02 Å². The number of rotatable bonds is 6. The summed E-state index contributed by atoms with van der Waals surface area (Å²) in [4.78, 5) is 17.3. The van der Waals surface area contributed by atoms with Gasteiger partial charge in [-0.3, -0.25) is 4.79 Å². The van der Waals surface area contributed by atoms with Crippen LogP contribution in [-0.4, -0.2) is 50.1 Å². The molecule has 27 heavy (non-hydrogen) atoms. The van der Waals surface area contributed by atoms with Gasteiger partial charge in [0.05, 0.1) is 0 Å². The van der Waals surface area contributed by atoms with Crippen molar-refractivity contribution >= 4 is 28.9 Å². The first-order chi connectivity index (χ1) is 13.0. The smallest absolute Gasteiger partial charge is 0.265 e. The quantitative estimate of drug-likeness (QED) is 0.816. The molecular weight excluding hydrogens is 362 g/mol. The van der Waals surface area contributed by atoms with Crippen LogP contribution in [0.3, 0.4) is 0 Å². The van der Waals surface area contributed by atoms with Crippen LogP contribution < -0.4 is 15.0 Å². The van der Waals surface area contributed by atoms with Crippen molar-refractivity contribution in [3.05, 3.63) is 53.6 Å². The lowest BCUT2D eigenvalue weighted by atomic mass is 10.2. The maximum Gasteiger partial charge on any atom is 0.265 e. The van der Waals surface area contributed by atoms with E-state index in [4.69, 9.17) is 16.3 Å². The summed E-state index contributed by atoms with van der Waals surface area (Å²) in [6.45, 7) is 6.10. The molecule has 1 amide bonds. The number of carbonyl (C=O) groups is 1. The normalized spacial score (nSPS) is 16.0. The summed E-state index contributed by atoms with van der Waals surface area (Å²) in [5.41, 5.74) is 1.95. The van der Waals surface area contributed by atoms with Crippen molar-refractivity contribution in [1.82, 2.24) is 4.90 Å². The lowest BCUT2D eigenvalue weighted by Gasteiger charge is -2.34. The van der Waals surface area contributed by atoms with E-state index in [1.807, 2.05) is 19.1 Å². The molecule has 1 N–H and O–H groups in total. The molecule has 6 heteroatoms. The molecule has 1 heterocycles. The van der Waals surface area contributed by atoms with E-state index >= 15 is 0 Å². The second-order valence-electron chi connectivity index (χ2n) is 6.80. The predicted molar refractivity (Wildman–Crippen MR) is 111 cm³/mol. The molecule has 0 radical (unpaired) electrons. The van der Waals surface area contributed by atoms with Crippen molar-refractivity contribution in [2.75, 3.05) is 43.4 Å². The van der Waals surface area contributed by atoms with Crippen LogP contribution in [0.1, 0.15) is 13.3 Å². The average molecular weight is 388 g/mol. The highest BCUT2D eigenvalue weighted by Gasteiger charge is 2.19. The molecular formula is C21H26ClN3O2. The number of piperazine rings is 1.